The van der Waals surface area contributed by atoms with Gasteiger partial charge in [0.2, 0.25) is 5.78 Å². The van der Waals surface area contributed by atoms with E-state index in [2.05, 4.69) is 49.6 Å². The number of ketones is 1. The molecule has 1 N–H and O–H groups in total. The number of carbonyl (C=O) groups excluding carboxylic acids is 1. The highest BCUT2D eigenvalue weighted by molar-refractivity contribution is 6.15. The molecule has 30 heavy (non-hydrogen) atoms. The molecule has 1 aliphatic heterocycles. The van der Waals surface area contributed by atoms with E-state index in [4.69, 9.17) is 4.74 Å². The molecule has 0 fully saturated rings. The van der Waals surface area contributed by atoms with E-state index in [9.17, 15) is 9.90 Å². The Morgan fingerprint density at radius 1 is 1.00 bits per heavy atom. The van der Waals surface area contributed by atoms with Gasteiger partial charge in [0.25, 0.3) is 0 Å². The predicted molar refractivity (Wildman–Crippen MR) is 122 cm³/mol. The third kappa shape index (κ3) is 4.21. The fraction of sp³-hybridized carbons (Fsp3) is 0.400. The van der Waals surface area contributed by atoms with Gasteiger partial charge in [-0.3, -0.25) is 9.69 Å². The van der Waals surface area contributed by atoms with E-state index in [1.807, 2.05) is 19.1 Å². The summed E-state index contributed by atoms with van der Waals surface area (Å²) >= 11 is 0. The van der Waals surface area contributed by atoms with Crippen molar-refractivity contribution in [3.63, 3.8) is 0 Å². The summed E-state index contributed by atoms with van der Waals surface area (Å²) in [6, 6.07) is 9.80. The van der Waals surface area contributed by atoms with Crippen molar-refractivity contribution >= 4 is 17.5 Å². The first-order valence-corrected chi connectivity index (χ1v) is 10.8. The van der Waals surface area contributed by atoms with Gasteiger partial charge in [-0.15, -0.1) is 0 Å². The van der Waals surface area contributed by atoms with Gasteiger partial charge in [-0.05, 0) is 69.3 Å². The van der Waals surface area contributed by atoms with Crippen LogP contribution >= 0.6 is 0 Å². The van der Waals surface area contributed by atoms with E-state index in [1.165, 1.54) is 0 Å². The van der Waals surface area contributed by atoms with Crippen molar-refractivity contribution in [2.75, 3.05) is 31.1 Å². The molecular formula is C25H32N2O3. The monoisotopic (exact) mass is 408 g/mol. The minimum Gasteiger partial charge on any atom is -0.507 e. The Labute approximate surface area is 179 Å². The molecule has 1 aliphatic rings. The largest absolute Gasteiger partial charge is 0.507 e. The average molecular weight is 409 g/mol. The molecule has 0 aliphatic carbocycles. The maximum atomic E-state index is 13.1. The van der Waals surface area contributed by atoms with Crippen LogP contribution in [0, 0.1) is 6.92 Å². The van der Waals surface area contributed by atoms with Gasteiger partial charge in [0.15, 0.2) is 5.76 Å². The van der Waals surface area contributed by atoms with Crippen LogP contribution < -0.4 is 9.64 Å². The van der Waals surface area contributed by atoms with Crippen LogP contribution in [0.25, 0.3) is 6.08 Å². The molecular weight excluding hydrogens is 376 g/mol. The zero-order valence-corrected chi connectivity index (χ0v) is 18.7. The number of phenols is 1. The third-order valence-corrected chi connectivity index (χ3v) is 5.82. The molecule has 0 aromatic heterocycles. The molecule has 1 heterocycles. The Kier molecular flexibility index (Phi) is 6.83. The fourth-order valence-corrected chi connectivity index (χ4v) is 3.93. The van der Waals surface area contributed by atoms with E-state index in [0.717, 1.165) is 43.0 Å². The van der Waals surface area contributed by atoms with E-state index in [1.54, 1.807) is 12.1 Å². The van der Waals surface area contributed by atoms with Crippen LogP contribution in [0.5, 0.6) is 11.5 Å². The first kappa shape index (κ1) is 21.9. The maximum absolute atomic E-state index is 13.1. The minimum atomic E-state index is -0.129. The van der Waals surface area contributed by atoms with Crippen LogP contribution in [0.1, 0.15) is 54.7 Å². The Bertz CT molecular complexity index is 940. The summed E-state index contributed by atoms with van der Waals surface area (Å²) in [7, 11) is 0. The Morgan fingerprint density at radius 2 is 1.63 bits per heavy atom. The second kappa shape index (κ2) is 9.35. The first-order chi connectivity index (χ1) is 14.4. The summed E-state index contributed by atoms with van der Waals surface area (Å²) in [5.74, 6) is 0.845. The van der Waals surface area contributed by atoms with Crippen molar-refractivity contribution in [3.05, 3.63) is 58.3 Å². The number of Topliss-reactive ketones (excluding diaryl/α,β-unsaturated/α-hetero) is 1. The standard InChI is InChI=1S/C25H32N2O3/c1-6-26(7-2)16-20-21(28)14-17(5)23-24(29)22(30-25(20)23)15-18-10-12-19(13-11-18)27(8-3)9-4/h10-15,28H,6-9,16H2,1-5H3/b22-15-. The van der Waals surface area contributed by atoms with Gasteiger partial charge < -0.3 is 14.7 Å². The molecule has 0 atom stereocenters. The number of rotatable bonds is 8. The molecule has 0 unspecified atom stereocenters. The lowest BCUT2D eigenvalue weighted by atomic mass is 9.99. The number of phenolic OH excluding ortho intramolecular Hbond substituents is 1. The van der Waals surface area contributed by atoms with Crippen molar-refractivity contribution in [1.29, 1.82) is 0 Å². The second-order valence-electron chi connectivity index (χ2n) is 7.56. The van der Waals surface area contributed by atoms with Crippen molar-refractivity contribution in [2.45, 2.75) is 41.2 Å². The lowest BCUT2D eigenvalue weighted by Gasteiger charge is -2.21. The van der Waals surface area contributed by atoms with Crippen LogP contribution in [0.3, 0.4) is 0 Å². The topological polar surface area (TPSA) is 53.0 Å². The third-order valence-electron chi connectivity index (χ3n) is 5.82. The van der Waals surface area contributed by atoms with E-state index >= 15 is 0 Å². The summed E-state index contributed by atoms with van der Waals surface area (Å²) in [4.78, 5) is 17.5. The second-order valence-corrected chi connectivity index (χ2v) is 7.56. The zero-order valence-electron chi connectivity index (χ0n) is 18.7. The van der Waals surface area contributed by atoms with Gasteiger partial charge in [-0.2, -0.15) is 0 Å². The minimum absolute atomic E-state index is 0.129. The molecule has 5 heteroatoms. The lowest BCUT2D eigenvalue weighted by Crippen LogP contribution is -2.22. The molecule has 0 spiro atoms. The highest BCUT2D eigenvalue weighted by Gasteiger charge is 2.33. The van der Waals surface area contributed by atoms with Crippen molar-refractivity contribution in [2.24, 2.45) is 0 Å². The van der Waals surface area contributed by atoms with Crippen LogP contribution in [0.15, 0.2) is 36.1 Å². The number of aryl methyl sites for hydroxylation is 1. The van der Waals surface area contributed by atoms with Crippen molar-refractivity contribution < 1.29 is 14.6 Å². The SMILES string of the molecule is CCN(CC)Cc1c(O)cc(C)c2c1O/C(=C\c1ccc(N(CC)CC)cc1)C2=O. The average Bonchev–Trinajstić information content (AvgIpc) is 3.06. The van der Waals surface area contributed by atoms with Crippen LogP contribution in [-0.4, -0.2) is 42.0 Å². The molecule has 0 saturated carbocycles. The summed E-state index contributed by atoms with van der Waals surface area (Å²) in [6.07, 6.45) is 1.78. The van der Waals surface area contributed by atoms with Gasteiger partial charge >= 0.3 is 0 Å². The van der Waals surface area contributed by atoms with Gasteiger partial charge in [0.05, 0.1) is 11.1 Å². The number of carbonyl (C=O) groups is 1. The van der Waals surface area contributed by atoms with Crippen molar-refractivity contribution in [1.82, 2.24) is 4.90 Å². The molecule has 0 saturated heterocycles. The van der Waals surface area contributed by atoms with Gasteiger partial charge in [-0.1, -0.05) is 26.0 Å². The number of fused-ring (bicyclic) bond motifs is 1. The zero-order chi connectivity index (χ0) is 21.8. The fourth-order valence-electron chi connectivity index (χ4n) is 3.93. The summed E-state index contributed by atoms with van der Waals surface area (Å²) < 4.78 is 6.04. The Hall–Kier alpha value is -2.79. The molecule has 0 radical (unpaired) electrons. The number of hydrogen-bond donors (Lipinski definition) is 1. The highest BCUT2D eigenvalue weighted by atomic mass is 16.5. The molecule has 5 nitrogen and oxygen atoms in total. The van der Waals surface area contributed by atoms with Gasteiger partial charge in [0, 0.05) is 25.3 Å². The van der Waals surface area contributed by atoms with Crippen LogP contribution in [-0.2, 0) is 6.54 Å². The summed E-state index contributed by atoms with van der Waals surface area (Å²) in [6.45, 7) is 14.4. The van der Waals surface area contributed by atoms with E-state index in [0.29, 0.717) is 29.2 Å². The number of benzene rings is 2. The summed E-state index contributed by atoms with van der Waals surface area (Å²) in [5, 5.41) is 10.5. The molecule has 0 bridgehead atoms. The maximum Gasteiger partial charge on any atom is 0.232 e. The van der Waals surface area contributed by atoms with Gasteiger partial charge in [-0.25, -0.2) is 0 Å². The van der Waals surface area contributed by atoms with Crippen LogP contribution in [0.2, 0.25) is 0 Å². The normalized spacial score (nSPS) is 14.3. The van der Waals surface area contributed by atoms with Crippen LogP contribution in [0.4, 0.5) is 5.69 Å². The highest BCUT2D eigenvalue weighted by Crippen LogP contribution is 2.42. The summed E-state index contributed by atoms with van der Waals surface area (Å²) in [5.41, 5.74) is 4.03. The van der Waals surface area contributed by atoms with Gasteiger partial charge in [0.1, 0.15) is 11.5 Å². The Morgan fingerprint density at radius 3 is 2.20 bits per heavy atom. The Balaban J connectivity index is 1.94. The molecule has 0 amide bonds. The van der Waals surface area contributed by atoms with E-state index in [-0.39, 0.29) is 11.5 Å². The number of anilines is 1. The number of hydrogen-bond acceptors (Lipinski definition) is 5. The van der Waals surface area contributed by atoms with Crippen molar-refractivity contribution in [3.8, 4) is 11.5 Å². The number of allylic oxidation sites excluding steroid dienone is 1. The molecule has 2 aromatic carbocycles. The quantitative estimate of drug-likeness (QED) is 0.623. The lowest BCUT2D eigenvalue weighted by molar-refractivity contribution is 0.101. The predicted octanol–water partition coefficient (Wildman–Crippen LogP) is 5.00. The molecule has 160 valence electrons. The first-order valence-electron chi connectivity index (χ1n) is 10.8. The number of ether oxygens (including phenoxy) is 1. The number of nitrogens with zero attached hydrogens (tertiary/aromatic N) is 2. The van der Waals surface area contributed by atoms with E-state index < -0.39 is 0 Å². The number of aromatic hydroxyl groups is 1. The smallest absolute Gasteiger partial charge is 0.232 e. The molecule has 3 rings (SSSR count). The molecule has 2 aromatic rings.